The summed E-state index contributed by atoms with van der Waals surface area (Å²) in [5.74, 6) is 1.77. The molecule has 2 rings (SSSR count). The third kappa shape index (κ3) is 2.93. The van der Waals surface area contributed by atoms with Crippen molar-refractivity contribution in [1.29, 1.82) is 0 Å². The third-order valence-electron chi connectivity index (χ3n) is 3.01. The molecule has 0 spiro atoms. The molecule has 0 amide bonds. The normalized spacial score (nSPS) is 12.2. The van der Waals surface area contributed by atoms with Crippen LogP contribution < -0.4 is 5.32 Å². The van der Waals surface area contributed by atoms with Crippen molar-refractivity contribution in [2.75, 3.05) is 5.32 Å². The molecule has 5 heteroatoms. The lowest BCUT2D eigenvalue weighted by atomic mass is 10.1. The monoisotopic (exact) mass is 260 g/mol. The minimum atomic E-state index is -0.406. The van der Waals surface area contributed by atoms with E-state index in [0.717, 1.165) is 22.8 Å². The van der Waals surface area contributed by atoms with E-state index in [1.165, 1.54) is 12.1 Å². The fourth-order valence-corrected chi connectivity index (χ4v) is 2.09. The van der Waals surface area contributed by atoms with E-state index in [1.54, 1.807) is 12.1 Å². The molecule has 0 aliphatic rings. The number of furan rings is 1. The van der Waals surface area contributed by atoms with E-state index in [9.17, 15) is 10.1 Å². The number of aryl methyl sites for hydroxylation is 2. The Balaban J connectivity index is 2.12. The Morgan fingerprint density at radius 1 is 1.26 bits per heavy atom. The molecule has 0 aliphatic carbocycles. The molecule has 5 nitrogen and oxygen atoms in total. The lowest BCUT2D eigenvalue weighted by Gasteiger charge is -2.14. The molecule has 19 heavy (non-hydrogen) atoms. The number of nitrogens with one attached hydrogen (secondary N) is 1. The molecular weight excluding hydrogens is 244 g/mol. The van der Waals surface area contributed by atoms with Gasteiger partial charge in [-0.3, -0.25) is 10.1 Å². The van der Waals surface area contributed by atoms with Crippen molar-refractivity contribution in [2.45, 2.75) is 26.8 Å². The lowest BCUT2D eigenvalue weighted by molar-refractivity contribution is -0.384. The number of non-ortho nitro benzene ring substituents is 1. The smallest absolute Gasteiger partial charge is 0.269 e. The highest BCUT2D eigenvalue weighted by Crippen LogP contribution is 2.25. The van der Waals surface area contributed by atoms with Gasteiger partial charge in [0.15, 0.2) is 0 Å². The molecule has 0 fully saturated rings. The zero-order chi connectivity index (χ0) is 14.0. The molecule has 0 aliphatic heterocycles. The van der Waals surface area contributed by atoms with E-state index in [0.29, 0.717) is 0 Å². The van der Waals surface area contributed by atoms with Gasteiger partial charge in [-0.25, -0.2) is 0 Å². The Morgan fingerprint density at radius 2 is 1.89 bits per heavy atom. The van der Waals surface area contributed by atoms with E-state index >= 15 is 0 Å². The summed E-state index contributed by atoms with van der Waals surface area (Å²) in [6.45, 7) is 5.87. The summed E-state index contributed by atoms with van der Waals surface area (Å²) in [6, 6.07) is 8.47. The number of nitro benzene ring substituents is 1. The maximum atomic E-state index is 10.6. The van der Waals surface area contributed by atoms with Crippen LogP contribution >= 0.6 is 0 Å². The molecule has 1 N–H and O–H groups in total. The number of benzene rings is 1. The Morgan fingerprint density at radius 3 is 2.37 bits per heavy atom. The summed E-state index contributed by atoms with van der Waals surface area (Å²) in [5.41, 5.74) is 2.03. The Labute approximate surface area is 111 Å². The van der Waals surface area contributed by atoms with E-state index in [1.807, 2.05) is 26.8 Å². The number of hydrogen-bond acceptors (Lipinski definition) is 4. The summed E-state index contributed by atoms with van der Waals surface area (Å²) >= 11 is 0. The van der Waals surface area contributed by atoms with Crippen LogP contribution in [0.3, 0.4) is 0 Å². The summed E-state index contributed by atoms with van der Waals surface area (Å²) in [5, 5.41) is 13.9. The predicted molar refractivity (Wildman–Crippen MR) is 73.3 cm³/mol. The summed E-state index contributed by atoms with van der Waals surface area (Å²) in [4.78, 5) is 10.2. The van der Waals surface area contributed by atoms with Crippen LogP contribution in [0.4, 0.5) is 11.4 Å². The molecular formula is C14H16N2O3. The average molecular weight is 260 g/mol. The van der Waals surface area contributed by atoms with Crippen molar-refractivity contribution in [1.82, 2.24) is 0 Å². The first-order valence-electron chi connectivity index (χ1n) is 6.05. The van der Waals surface area contributed by atoms with Crippen LogP contribution in [0.1, 0.15) is 30.0 Å². The molecule has 100 valence electrons. The number of nitrogens with zero attached hydrogens (tertiary/aromatic N) is 1. The van der Waals surface area contributed by atoms with Crippen LogP contribution in [-0.2, 0) is 0 Å². The minimum absolute atomic E-state index is 0.0823. The van der Waals surface area contributed by atoms with Gasteiger partial charge in [-0.05, 0) is 39.0 Å². The Hall–Kier alpha value is -2.30. The highest BCUT2D eigenvalue weighted by molar-refractivity contribution is 5.50. The van der Waals surface area contributed by atoms with Gasteiger partial charge in [0.25, 0.3) is 5.69 Å². The first kappa shape index (κ1) is 13.1. The zero-order valence-electron chi connectivity index (χ0n) is 11.1. The van der Waals surface area contributed by atoms with Crippen LogP contribution in [-0.4, -0.2) is 4.92 Å². The molecule has 1 aromatic carbocycles. The number of nitro groups is 1. The SMILES string of the molecule is Cc1cc(C(C)Nc2ccc([N+](=O)[O-])cc2)c(C)o1. The fourth-order valence-electron chi connectivity index (χ4n) is 2.09. The van der Waals surface area contributed by atoms with Crippen molar-refractivity contribution in [3.05, 3.63) is 57.5 Å². The largest absolute Gasteiger partial charge is 0.466 e. The average Bonchev–Trinajstić information content (AvgIpc) is 2.69. The molecule has 1 heterocycles. The van der Waals surface area contributed by atoms with Gasteiger partial charge in [0, 0.05) is 23.4 Å². The lowest BCUT2D eigenvalue weighted by Crippen LogP contribution is -2.06. The quantitative estimate of drug-likeness (QED) is 0.667. The van der Waals surface area contributed by atoms with E-state index in [-0.39, 0.29) is 11.7 Å². The molecule has 1 atom stereocenters. The summed E-state index contributed by atoms with van der Waals surface area (Å²) < 4.78 is 5.49. The topological polar surface area (TPSA) is 68.3 Å². The van der Waals surface area contributed by atoms with Gasteiger partial charge in [-0.2, -0.15) is 0 Å². The van der Waals surface area contributed by atoms with Crippen LogP contribution in [0.5, 0.6) is 0 Å². The zero-order valence-corrected chi connectivity index (χ0v) is 11.1. The second kappa shape index (κ2) is 5.14. The van der Waals surface area contributed by atoms with E-state index < -0.39 is 4.92 Å². The van der Waals surface area contributed by atoms with Crippen molar-refractivity contribution in [3.63, 3.8) is 0 Å². The molecule has 0 bridgehead atoms. The van der Waals surface area contributed by atoms with Gasteiger partial charge in [-0.15, -0.1) is 0 Å². The van der Waals surface area contributed by atoms with Gasteiger partial charge in [0.2, 0.25) is 0 Å². The highest BCUT2D eigenvalue weighted by atomic mass is 16.6. The maximum absolute atomic E-state index is 10.6. The standard InChI is InChI=1S/C14H16N2O3/c1-9-8-14(11(3)19-9)10(2)15-12-4-6-13(7-5-12)16(17)18/h4-8,10,15H,1-3H3. The molecule has 1 aromatic heterocycles. The van der Waals surface area contributed by atoms with Crippen LogP contribution in [0, 0.1) is 24.0 Å². The van der Waals surface area contributed by atoms with E-state index in [4.69, 9.17) is 4.42 Å². The second-order valence-electron chi connectivity index (χ2n) is 4.54. The van der Waals surface area contributed by atoms with Crippen LogP contribution in [0.2, 0.25) is 0 Å². The minimum Gasteiger partial charge on any atom is -0.466 e. The highest BCUT2D eigenvalue weighted by Gasteiger charge is 2.13. The molecule has 0 radical (unpaired) electrons. The molecule has 0 saturated heterocycles. The number of hydrogen-bond donors (Lipinski definition) is 1. The number of rotatable bonds is 4. The second-order valence-corrected chi connectivity index (χ2v) is 4.54. The molecule has 2 aromatic rings. The Kier molecular flexibility index (Phi) is 3.55. The van der Waals surface area contributed by atoms with Crippen LogP contribution in [0.25, 0.3) is 0 Å². The maximum Gasteiger partial charge on any atom is 0.269 e. The molecule has 1 unspecified atom stereocenters. The van der Waals surface area contributed by atoms with E-state index in [2.05, 4.69) is 5.32 Å². The third-order valence-corrected chi connectivity index (χ3v) is 3.01. The van der Waals surface area contributed by atoms with Gasteiger partial charge in [-0.1, -0.05) is 0 Å². The van der Waals surface area contributed by atoms with Crippen molar-refractivity contribution >= 4 is 11.4 Å². The van der Waals surface area contributed by atoms with Gasteiger partial charge < -0.3 is 9.73 Å². The van der Waals surface area contributed by atoms with Crippen molar-refractivity contribution < 1.29 is 9.34 Å². The van der Waals surface area contributed by atoms with Crippen molar-refractivity contribution in [2.24, 2.45) is 0 Å². The van der Waals surface area contributed by atoms with Crippen LogP contribution in [0.15, 0.2) is 34.7 Å². The first-order chi connectivity index (χ1) is 8.97. The van der Waals surface area contributed by atoms with Crippen molar-refractivity contribution in [3.8, 4) is 0 Å². The van der Waals surface area contributed by atoms with Gasteiger partial charge in [0.1, 0.15) is 11.5 Å². The predicted octanol–water partition coefficient (Wildman–Crippen LogP) is 3.98. The summed E-state index contributed by atoms with van der Waals surface area (Å²) in [7, 11) is 0. The summed E-state index contributed by atoms with van der Waals surface area (Å²) in [6.07, 6.45) is 0. The Bertz CT molecular complexity index is 587. The first-order valence-corrected chi connectivity index (χ1v) is 6.05. The van der Waals surface area contributed by atoms with Gasteiger partial charge >= 0.3 is 0 Å². The van der Waals surface area contributed by atoms with Gasteiger partial charge in [0.05, 0.1) is 11.0 Å². The fraction of sp³-hybridized carbons (Fsp3) is 0.286. The number of anilines is 1. The molecule has 0 saturated carbocycles.